The Morgan fingerprint density at radius 2 is 1.67 bits per heavy atom. The number of anilines is 1. The first-order valence-electron chi connectivity index (χ1n) is 7.64. The van der Waals surface area contributed by atoms with Crippen LogP contribution >= 0.6 is 0 Å². The first-order chi connectivity index (χ1) is 11.5. The molecule has 0 atom stereocenters. The van der Waals surface area contributed by atoms with E-state index >= 15 is 0 Å². The Kier molecular flexibility index (Phi) is 5.58. The van der Waals surface area contributed by atoms with Crippen LogP contribution in [0.3, 0.4) is 0 Å². The summed E-state index contributed by atoms with van der Waals surface area (Å²) in [6.07, 6.45) is 0. The molecule has 5 nitrogen and oxygen atoms in total. The molecule has 0 unspecified atom stereocenters. The lowest BCUT2D eigenvalue weighted by Gasteiger charge is -2.12. The smallest absolute Gasteiger partial charge is 0.340 e. The minimum Gasteiger partial charge on any atom is -0.497 e. The summed E-state index contributed by atoms with van der Waals surface area (Å²) in [6, 6.07) is 12.2. The van der Waals surface area contributed by atoms with E-state index in [4.69, 9.17) is 9.47 Å². The standard InChI is InChI=1S/C19H21NO4/c1-12(2)13-5-7-14(8-6-13)18(21)20-17-10-9-15(23-3)11-16(17)19(22)24-4/h5-12H,1-4H3,(H,20,21). The second-order valence-corrected chi connectivity index (χ2v) is 5.63. The molecule has 0 bridgehead atoms. The molecule has 0 aliphatic carbocycles. The maximum atomic E-state index is 12.4. The molecule has 0 heterocycles. The zero-order valence-corrected chi connectivity index (χ0v) is 14.3. The predicted molar refractivity (Wildman–Crippen MR) is 92.8 cm³/mol. The zero-order valence-electron chi connectivity index (χ0n) is 14.3. The summed E-state index contributed by atoms with van der Waals surface area (Å²) in [7, 11) is 2.79. The number of amides is 1. The van der Waals surface area contributed by atoms with Crippen LogP contribution in [0.15, 0.2) is 42.5 Å². The van der Waals surface area contributed by atoms with Crippen molar-refractivity contribution in [1.29, 1.82) is 0 Å². The molecule has 2 aromatic carbocycles. The third-order valence-corrected chi connectivity index (χ3v) is 3.72. The zero-order chi connectivity index (χ0) is 17.7. The van der Waals surface area contributed by atoms with Crippen LogP contribution in [0.2, 0.25) is 0 Å². The quantitative estimate of drug-likeness (QED) is 0.847. The molecular formula is C19H21NO4. The van der Waals surface area contributed by atoms with Gasteiger partial charge in [0.05, 0.1) is 25.5 Å². The molecule has 0 aromatic heterocycles. The highest BCUT2D eigenvalue weighted by Crippen LogP contribution is 2.24. The van der Waals surface area contributed by atoms with Crippen molar-refractivity contribution < 1.29 is 19.1 Å². The highest BCUT2D eigenvalue weighted by molar-refractivity contribution is 6.08. The summed E-state index contributed by atoms with van der Waals surface area (Å²) in [5.74, 6) is 0.0734. The van der Waals surface area contributed by atoms with Crippen LogP contribution in [0.5, 0.6) is 5.75 Å². The summed E-state index contributed by atoms with van der Waals surface area (Å²) in [6.45, 7) is 4.18. The topological polar surface area (TPSA) is 64.6 Å². The van der Waals surface area contributed by atoms with Crippen LogP contribution in [0.1, 0.15) is 46.0 Å². The number of hydrogen-bond acceptors (Lipinski definition) is 4. The van der Waals surface area contributed by atoms with Gasteiger partial charge in [-0.15, -0.1) is 0 Å². The molecule has 0 radical (unpaired) electrons. The summed E-state index contributed by atoms with van der Waals surface area (Å²) in [5.41, 5.74) is 2.29. The Balaban J connectivity index is 2.26. The van der Waals surface area contributed by atoms with Crippen molar-refractivity contribution in [3.8, 4) is 5.75 Å². The first kappa shape index (κ1) is 17.5. The lowest BCUT2D eigenvalue weighted by atomic mass is 10.0. The van der Waals surface area contributed by atoms with Crippen LogP contribution in [0.25, 0.3) is 0 Å². The molecule has 1 N–H and O–H groups in total. The van der Waals surface area contributed by atoms with Crippen molar-refractivity contribution in [3.63, 3.8) is 0 Å². The molecule has 0 spiro atoms. The lowest BCUT2D eigenvalue weighted by Crippen LogP contribution is -2.15. The van der Waals surface area contributed by atoms with Crippen LogP contribution in [-0.2, 0) is 4.74 Å². The Labute approximate surface area is 141 Å². The molecule has 24 heavy (non-hydrogen) atoms. The fourth-order valence-electron chi connectivity index (χ4n) is 2.25. The van der Waals surface area contributed by atoms with E-state index in [1.165, 1.54) is 20.3 Å². The maximum absolute atomic E-state index is 12.4. The van der Waals surface area contributed by atoms with Gasteiger partial charge in [0.25, 0.3) is 5.91 Å². The third kappa shape index (κ3) is 3.93. The summed E-state index contributed by atoms with van der Waals surface area (Å²) >= 11 is 0. The van der Waals surface area contributed by atoms with Gasteiger partial charge in [-0.25, -0.2) is 4.79 Å². The molecule has 0 fully saturated rings. The van der Waals surface area contributed by atoms with Gasteiger partial charge in [-0.05, 0) is 41.8 Å². The van der Waals surface area contributed by atoms with Crippen molar-refractivity contribution >= 4 is 17.6 Å². The normalized spacial score (nSPS) is 10.4. The minimum absolute atomic E-state index is 0.240. The predicted octanol–water partition coefficient (Wildman–Crippen LogP) is 3.86. The van der Waals surface area contributed by atoms with Crippen LogP contribution in [-0.4, -0.2) is 26.1 Å². The van der Waals surface area contributed by atoms with E-state index in [1.807, 2.05) is 12.1 Å². The molecule has 0 aliphatic heterocycles. The molecule has 0 saturated carbocycles. The largest absolute Gasteiger partial charge is 0.497 e. The maximum Gasteiger partial charge on any atom is 0.340 e. The number of carbonyl (C=O) groups is 2. The van der Waals surface area contributed by atoms with Gasteiger partial charge in [0.15, 0.2) is 0 Å². The number of benzene rings is 2. The van der Waals surface area contributed by atoms with Crippen molar-refractivity contribution in [3.05, 3.63) is 59.2 Å². The Hall–Kier alpha value is -2.82. The number of esters is 1. The van der Waals surface area contributed by atoms with Crippen LogP contribution < -0.4 is 10.1 Å². The van der Waals surface area contributed by atoms with E-state index in [-0.39, 0.29) is 11.5 Å². The van der Waals surface area contributed by atoms with E-state index in [1.54, 1.807) is 24.3 Å². The van der Waals surface area contributed by atoms with Gasteiger partial charge >= 0.3 is 5.97 Å². The van der Waals surface area contributed by atoms with Crippen LogP contribution in [0.4, 0.5) is 5.69 Å². The van der Waals surface area contributed by atoms with Crippen molar-refractivity contribution in [2.24, 2.45) is 0 Å². The molecular weight excluding hydrogens is 306 g/mol. The molecule has 0 aliphatic rings. The van der Waals surface area contributed by atoms with E-state index in [0.717, 1.165) is 5.56 Å². The average molecular weight is 327 g/mol. The van der Waals surface area contributed by atoms with Crippen molar-refractivity contribution in [2.45, 2.75) is 19.8 Å². The summed E-state index contributed by atoms with van der Waals surface area (Å²) in [5, 5.41) is 2.75. The molecule has 0 saturated heterocycles. The fraction of sp³-hybridized carbons (Fsp3) is 0.263. The van der Waals surface area contributed by atoms with E-state index in [9.17, 15) is 9.59 Å². The Morgan fingerprint density at radius 1 is 1.00 bits per heavy atom. The highest BCUT2D eigenvalue weighted by Gasteiger charge is 2.16. The SMILES string of the molecule is COC(=O)c1cc(OC)ccc1NC(=O)c1ccc(C(C)C)cc1. The van der Waals surface area contributed by atoms with Gasteiger partial charge in [-0.2, -0.15) is 0 Å². The fourth-order valence-corrected chi connectivity index (χ4v) is 2.25. The Bertz CT molecular complexity index is 736. The Morgan fingerprint density at radius 3 is 2.21 bits per heavy atom. The molecule has 5 heteroatoms. The van der Waals surface area contributed by atoms with Gasteiger partial charge in [-0.1, -0.05) is 26.0 Å². The molecule has 126 valence electrons. The second-order valence-electron chi connectivity index (χ2n) is 5.63. The third-order valence-electron chi connectivity index (χ3n) is 3.72. The van der Waals surface area contributed by atoms with Crippen molar-refractivity contribution in [1.82, 2.24) is 0 Å². The lowest BCUT2D eigenvalue weighted by molar-refractivity contribution is 0.0601. The number of carbonyl (C=O) groups excluding carboxylic acids is 2. The van der Waals surface area contributed by atoms with Gasteiger partial charge in [0.2, 0.25) is 0 Å². The molecule has 1 amide bonds. The number of methoxy groups -OCH3 is 2. The monoisotopic (exact) mass is 327 g/mol. The second kappa shape index (κ2) is 7.64. The molecule has 2 rings (SSSR count). The van der Waals surface area contributed by atoms with E-state index in [2.05, 4.69) is 19.2 Å². The first-order valence-corrected chi connectivity index (χ1v) is 7.64. The van der Waals surface area contributed by atoms with E-state index in [0.29, 0.717) is 22.9 Å². The number of hydrogen-bond donors (Lipinski definition) is 1. The van der Waals surface area contributed by atoms with Gasteiger partial charge < -0.3 is 14.8 Å². The number of ether oxygens (including phenoxy) is 2. The molecule has 2 aromatic rings. The average Bonchev–Trinajstić information content (AvgIpc) is 2.61. The van der Waals surface area contributed by atoms with Gasteiger partial charge in [0, 0.05) is 5.56 Å². The van der Waals surface area contributed by atoms with Crippen molar-refractivity contribution in [2.75, 3.05) is 19.5 Å². The highest BCUT2D eigenvalue weighted by atomic mass is 16.5. The minimum atomic E-state index is -0.542. The summed E-state index contributed by atoms with van der Waals surface area (Å²) in [4.78, 5) is 24.3. The van der Waals surface area contributed by atoms with Gasteiger partial charge in [0.1, 0.15) is 5.75 Å². The number of nitrogens with one attached hydrogen (secondary N) is 1. The van der Waals surface area contributed by atoms with Gasteiger partial charge in [-0.3, -0.25) is 4.79 Å². The van der Waals surface area contributed by atoms with E-state index < -0.39 is 5.97 Å². The van der Waals surface area contributed by atoms with Crippen LogP contribution in [0, 0.1) is 0 Å². The summed E-state index contributed by atoms with van der Waals surface area (Å²) < 4.78 is 9.87. The number of rotatable bonds is 5.